The van der Waals surface area contributed by atoms with Gasteiger partial charge in [0.05, 0.1) is 18.0 Å². The van der Waals surface area contributed by atoms with Gasteiger partial charge in [0.15, 0.2) is 0 Å². The number of carbonyl (C=O) groups is 1. The van der Waals surface area contributed by atoms with Gasteiger partial charge in [0.2, 0.25) is 5.91 Å². The van der Waals surface area contributed by atoms with Crippen molar-refractivity contribution in [2.24, 2.45) is 0 Å². The smallest absolute Gasteiger partial charge is 0.246 e. The van der Waals surface area contributed by atoms with Crippen LogP contribution < -0.4 is 15.4 Å². The second kappa shape index (κ2) is 10.6. The third-order valence-corrected chi connectivity index (χ3v) is 5.33. The van der Waals surface area contributed by atoms with E-state index in [1.54, 1.807) is 11.0 Å². The van der Waals surface area contributed by atoms with Gasteiger partial charge in [0.1, 0.15) is 24.4 Å². The first-order valence-corrected chi connectivity index (χ1v) is 10.9. The van der Waals surface area contributed by atoms with Crippen LogP contribution in [0.15, 0.2) is 91.5 Å². The van der Waals surface area contributed by atoms with Gasteiger partial charge in [-0.3, -0.25) is 10.1 Å². The van der Waals surface area contributed by atoms with Crippen LogP contribution >= 0.6 is 0 Å². The fraction of sp³-hybridized carbons (Fsp3) is 0.192. The molecule has 2 atom stereocenters. The second-order valence-electron chi connectivity index (χ2n) is 7.58. The van der Waals surface area contributed by atoms with Crippen LogP contribution in [0.1, 0.15) is 37.1 Å². The summed E-state index contributed by atoms with van der Waals surface area (Å²) in [7, 11) is 0. The summed E-state index contributed by atoms with van der Waals surface area (Å²) in [5, 5.41) is 10.7. The summed E-state index contributed by atoms with van der Waals surface area (Å²) in [5.41, 5.74) is 3.52. The minimum Gasteiger partial charge on any atom is -0.492 e. The van der Waals surface area contributed by atoms with Crippen molar-refractivity contribution < 1.29 is 9.53 Å². The zero-order valence-corrected chi connectivity index (χ0v) is 18.7. The van der Waals surface area contributed by atoms with Crippen molar-refractivity contribution in [2.75, 3.05) is 11.9 Å². The number of hydrogen-bond donors (Lipinski definition) is 2. The lowest BCUT2D eigenvalue weighted by molar-refractivity contribution is -0.118. The van der Waals surface area contributed by atoms with Crippen molar-refractivity contribution in [2.45, 2.75) is 25.9 Å². The number of carbonyl (C=O) groups excluding carboxylic acids is 1. The number of ether oxygens (including phenoxy) is 1. The summed E-state index contributed by atoms with van der Waals surface area (Å²) in [5.74, 6) is 0.497. The molecule has 7 heteroatoms. The molecule has 0 saturated heterocycles. The first kappa shape index (κ1) is 22.2. The van der Waals surface area contributed by atoms with Gasteiger partial charge in [0.25, 0.3) is 0 Å². The number of anilines is 1. The SMILES string of the molecule is CCOc1ccccc1NC(=O)C(NC(C)c1ccc(-n2cncn2)cc1)c1ccccc1. The normalized spacial score (nSPS) is 12.7. The van der Waals surface area contributed by atoms with Crippen LogP contribution in [-0.2, 0) is 4.79 Å². The van der Waals surface area contributed by atoms with Crippen molar-refractivity contribution in [1.29, 1.82) is 0 Å². The topological polar surface area (TPSA) is 81.1 Å². The molecule has 0 radical (unpaired) electrons. The maximum Gasteiger partial charge on any atom is 0.246 e. The highest BCUT2D eigenvalue weighted by Gasteiger charge is 2.24. The molecule has 7 nitrogen and oxygen atoms in total. The maximum absolute atomic E-state index is 13.4. The van der Waals surface area contributed by atoms with Gasteiger partial charge in [-0.05, 0) is 49.2 Å². The zero-order valence-electron chi connectivity index (χ0n) is 18.7. The summed E-state index contributed by atoms with van der Waals surface area (Å²) in [6, 6.07) is 24.6. The lowest BCUT2D eigenvalue weighted by Crippen LogP contribution is -2.34. The summed E-state index contributed by atoms with van der Waals surface area (Å²) < 4.78 is 7.38. The van der Waals surface area contributed by atoms with Gasteiger partial charge < -0.3 is 10.1 Å². The number of aromatic nitrogens is 3. The standard InChI is InChI=1S/C26H27N5O2/c1-3-33-24-12-8-7-11-23(24)30-26(32)25(21-9-5-4-6-10-21)29-19(2)20-13-15-22(16-14-20)31-18-27-17-28-31/h4-19,25,29H,3H2,1-2H3,(H,30,32). The van der Waals surface area contributed by atoms with Crippen LogP contribution in [0.25, 0.3) is 5.69 Å². The Hall–Kier alpha value is -3.97. The largest absolute Gasteiger partial charge is 0.492 e. The summed E-state index contributed by atoms with van der Waals surface area (Å²) in [6.45, 7) is 4.49. The fourth-order valence-corrected chi connectivity index (χ4v) is 3.63. The molecular formula is C26H27N5O2. The molecule has 168 valence electrons. The monoisotopic (exact) mass is 441 g/mol. The second-order valence-corrected chi connectivity index (χ2v) is 7.58. The van der Waals surface area contributed by atoms with Crippen LogP contribution in [0.3, 0.4) is 0 Å². The summed E-state index contributed by atoms with van der Waals surface area (Å²) >= 11 is 0. The van der Waals surface area contributed by atoms with E-state index >= 15 is 0 Å². The third kappa shape index (κ3) is 5.45. The van der Waals surface area contributed by atoms with Gasteiger partial charge in [-0.1, -0.05) is 54.6 Å². The molecule has 0 aliphatic heterocycles. The first-order valence-electron chi connectivity index (χ1n) is 10.9. The van der Waals surface area contributed by atoms with Gasteiger partial charge in [-0.2, -0.15) is 5.10 Å². The molecule has 33 heavy (non-hydrogen) atoms. The lowest BCUT2D eigenvalue weighted by Gasteiger charge is -2.24. The van der Waals surface area contributed by atoms with E-state index < -0.39 is 6.04 Å². The molecule has 0 saturated carbocycles. The van der Waals surface area contributed by atoms with Crippen molar-refractivity contribution in [1.82, 2.24) is 20.1 Å². The Morgan fingerprint density at radius 2 is 1.70 bits per heavy atom. The minimum atomic E-state index is -0.550. The molecule has 0 fully saturated rings. The highest BCUT2D eigenvalue weighted by Crippen LogP contribution is 2.27. The molecule has 0 aliphatic carbocycles. The van der Waals surface area contributed by atoms with Crippen LogP contribution in [-0.4, -0.2) is 27.3 Å². The van der Waals surface area contributed by atoms with Crippen LogP contribution in [0, 0.1) is 0 Å². The van der Waals surface area contributed by atoms with Crippen LogP contribution in [0.4, 0.5) is 5.69 Å². The predicted molar refractivity (Wildman–Crippen MR) is 128 cm³/mol. The van der Waals surface area contributed by atoms with Gasteiger partial charge >= 0.3 is 0 Å². The van der Waals surface area contributed by atoms with Crippen LogP contribution in [0.2, 0.25) is 0 Å². The van der Waals surface area contributed by atoms with E-state index in [9.17, 15) is 4.79 Å². The molecule has 0 aliphatic rings. The van der Waals surface area contributed by atoms with E-state index in [-0.39, 0.29) is 11.9 Å². The molecule has 0 spiro atoms. The number of benzene rings is 3. The van der Waals surface area contributed by atoms with Gasteiger partial charge in [-0.15, -0.1) is 0 Å². The number of para-hydroxylation sites is 2. The third-order valence-electron chi connectivity index (χ3n) is 5.33. The predicted octanol–water partition coefficient (Wildman–Crippen LogP) is 4.70. The van der Waals surface area contributed by atoms with E-state index in [1.807, 2.05) is 92.7 Å². The van der Waals surface area contributed by atoms with Crippen molar-refractivity contribution in [3.8, 4) is 11.4 Å². The molecule has 1 aromatic heterocycles. The summed E-state index contributed by atoms with van der Waals surface area (Å²) in [4.78, 5) is 17.4. The maximum atomic E-state index is 13.4. The average molecular weight is 442 g/mol. The molecular weight excluding hydrogens is 414 g/mol. The van der Waals surface area contributed by atoms with E-state index in [1.165, 1.54) is 6.33 Å². The number of amides is 1. The van der Waals surface area contributed by atoms with E-state index in [4.69, 9.17) is 4.74 Å². The zero-order chi connectivity index (χ0) is 23.0. The molecule has 1 amide bonds. The number of hydrogen-bond acceptors (Lipinski definition) is 5. The summed E-state index contributed by atoms with van der Waals surface area (Å²) in [6.07, 6.45) is 3.16. The molecule has 2 unspecified atom stereocenters. The quantitative estimate of drug-likeness (QED) is 0.394. The Labute approximate surface area is 193 Å². The Morgan fingerprint density at radius 3 is 2.39 bits per heavy atom. The Morgan fingerprint density at radius 1 is 0.970 bits per heavy atom. The van der Waals surface area contributed by atoms with Gasteiger partial charge in [-0.25, -0.2) is 9.67 Å². The minimum absolute atomic E-state index is 0.0760. The Balaban J connectivity index is 1.54. The molecule has 2 N–H and O–H groups in total. The molecule has 0 bridgehead atoms. The fourth-order valence-electron chi connectivity index (χ4n) is 3.63. The first-order chi connectivity index (χ1) is 16.2. The van der Waals surface area contributed by atoms with E-state index in [0.29, 0.717) is 18.0 Å². The molecule has 1 heterocycles. The Bertz CT molecular complexity index is 1160. The lowest BCUT2D eigenvalue weighted by atomic mass is 10.0. The number of nitrogens with one attached hydrogen (secondary N) is 2. The van der Waals surface area contributed by atoms with Crippen molar-refractivity contribution >= 4 is 11.6 Å². The van der Waals surface area contributed by atoms with Crippen LogP contribution in [0.5, 0.6) is 5.75 Å². The van der Waals surface area contributed by atoms with Crippen molar-refractivity contribution in [3.05, 3.63) is 103 Å². The van der Waals surface area contributed by atoms with E-state index in [2.05, 4.69) is 20.7 Å². The van der Waals surface area contributed by atoms with Crippen molar-refractivity contribution in [3.63, 3.8) is 0 Å². The molecule has 4 aromatic rings. The molecule has 4 rings (SSSR count). The van der Waals surface area contributed by atoms with Gasteiger partial charge in [0, 0.05) is 6.04 Å². The number of nitrogens with zero attached hydrogens (tertiary/aromatic N) is 3. The average Bonchev–Trinajstić information content (AvgIpc) is 3.39. The highest BCUT2D eigenvalue weighted by atomic mass is 16.5. The number of rotatable bonds is 9. The van der Waals surface area contributed by atoms with E-state index in [0.717, 1.165) is 16.8 Å². The highest BCUT2D eigenvalue weighted by molar-refractivity contribution is 5.96. The molecule has 3 aromatic carbocycles. The Kier molecular flexibility index (Phi) is 7.12.